The monoisotopic (exact) mass is 515 g/mol. The van der Waals surface area contributed by atoms with Crippen LogP contribution in [0, 0.1) is 6.92 Å². The molecule has 8 heteroatoms. The fourth-order valence-corrected chi connectivity index (χ4v) is 6.28. The molecule has 3 aromatic carbocycles. The van der Waals surface area contributed by atoms with E-state index in [-0.39, 0.29) is 16.6 Å². The molecule has 1 saturated heterocycles. The minimum atomic E-state index is -3.61. The Balaban J connectivity index is 1.21. The molecule has 37 heavy (non-hydrogen) atoms. The number of carbonyl (C=O) groups excluding carboxylic acids is 1. The maximum Gasteiger partial charge on any atom is 0.253 e. The third kappa shape index (κ3) is 5.50. The van der Waals surface area contributed by atoms with Crippen LogP contribution in [0.15, 0.2) is 83.9 Å². The molecule has 0 aliphatic carbocycles. The molecule has 2 heterocycles. The number of pyridine rings is 1. The molecule has 1 aromatic heterocycles. The van der Waals surface area contributed by atoms with E-state index in [1.165, 1.54) is 0 Å². The van der Waals surface area contributed by atoms with Gasteiger partial charge in [0, 0.05) is 55.4 Å². The van der Waals surface area contributed by atoms with Crippen molar-refractivity contribution < 1.29 is 18.3 Å². The van der Waals surface area contributed by atoms with Gasteiger partial charge in [0.25, 0.3) is 5.91 Å². The number of carbonyl (C=O) groups is 1. The summed E-state index contributed by atoms with van der Waals surface area (Å²) >= 11 is 0. The number of aromatic hydroxyl groups is 1. The van der Waals surface area contributed by atoms with E-state index in [1.807, 2.05) is 36.1 Å². The van der Waals surface area contributed by atoms with Crippen molar-refractivity contribution in [2.45, 2.75) is 24.1 Å². The van der Waals surface area contributed by atoms with Crippen molar-refractivity contribution in [2.24, 2.45) is 0 Å². The molecular weight excluding hydrogens is 486 g/mol. The molecule has 7 nitrogen and oxygen atoms in total. The smallest absolute Gasteiger partial charge is 0.253 e. The van der Waals surface area contributed by atoms with Gasteiger partial charge in [0.05, 0.1) is 16.2 Å². The van der Waals surface area contributed by atoms with Crippen molar-refractivity contribution in [3.63, 3.8) is 0 Å². The van der Waals surface area contributed by atoms with Crippen molar-refractivity contribution in [1.29, 1.82) is 0 Å². The molecule has 1 N–H and O–H groups in total. The van der Waals surface area contributed by atoms with Crippen molar-refractivity contribution in [2.75, 3.05) is 26.2 Å². The van der Waals surface area contributed by atoms with E-state index < -0.39 is 9.84 Å². The molecule has 5 rings (SSSR count). The predicted octanol–water partition coefficient (Wildman–Crippen LogP) is 4.18. The molecule has 1 aliphatic heterocycles. The van der Waals surface area contributed by atoms with E-state index in [4.69, 9.17) is 0 Å². The second-order valence-electron chi connectivity index (χ2n) is 9.49. The Morgan fingerprint density at radius 1 is 0.946 bits per heavy atom. The van der Waals surface area contributed by atoms with Gasteiger partial charge in [-0.2, -0.15) is 0 Å². The average Bonchev–Trinajstić information content (AvgIpc) is 2.91. The van der Waals surface area contributed by atoms with Crippen LogP contribution in [0.1, 0.15) is 27.0 Å². The normalized spacial score (nSPS) is 14.7. The zero-order valence-corrected chi connectivity index (χ0v) is 21.5. The molecule has 0 radical (unpaired) electrons. The molecular formula is C29H29N3O4S. The summed E-state index contributed by atoms with van der Waals surface area (Å²) in [5, 5.41) is 10.9. The fraction of sp³-hybridized carbons (Fsp3) is 0.241. The molecule has 0 spiro atoms. The number of fused-ring (bicyclic) bond motifs is 1. The average molecular weight is 516 g/mol. The standard InChI is InChI=1S/C29H29N3O4S/c1-21-7-12-26(33)25(18-21)19-31-14-16-32(17-15-31)29(34)24-10-8-22(9-11-24)20-37(35,36)27-6-2-4-23-5-3-13-30-28(23)27/h2-13,18,33H,14-17,19-20H2,1H3. The predicted molar refractivity (Wildman–Crippen MR) is 143 cm³/mol. The molecule has 190 valence electrons. The first-order valence-corrected chi connectivity index (χ1v) is 13.9. The van der Waals surface area contributed by atoms with E-state index in [0.717, 1.165) is 16.5 Å². The number of amides is 1. The Morgan fingerprint density at radius 2 is 1.68 bits per heavy atom. The molecule has 4 aromatic rings. The van der Waals surface area contributed by atoms with Crippen LogP contribution in [0.4, 0.5) is 0 Å². The number of phenolic OH excluding ortho intramolecular Hbond substituents is 1. The van der Waals surface area contributed by atoms with Gasteiger partial charge in [-0.15, -0.1) is 0 Å². The van der Waals surface area contributed by atoms with Crippen LogP contribution in [0.25, 0.3) is 10.9 Å². The third-order valence-electron chi connectivity index (χ3n) is 6.78. The minimum Gasteiger partial charge on any atom is -0.508 e. The summed E-state index contributed by atoms with van der Waals surface area (Å²) in [6.07, 6.45) is 1.59. The summed E-state index contributed by atoms with van der Waals surface area (Å²) < 4.78 is 26.3. The van der Waals surface area contributed by atoms with Crippen LogP contribution in [0.2, 0.25) is 0 Å². The summed E-state index contributed by atoms with van der Waals surface area (Å²) in [6.45, 7) is 5.26. The van der Waals surface area contributed by atoms with E-state index in [9.17, 15) is 18.3 Å². The maximum absolute atomic E-state index is 13.1. The first kappa shape index (κ1) is 24.9. The number of sulfone groups is 1. The van der Waals surface area contributed by atoms with Gasteiger partial charge < -0.3 is 10.0 Å². The van der Waals surface area contributed by atoms with Crippen LogP contribution < -0.4 is 0 Å². The van der Waals surface area contributed by atoms with Gasteiger partial charge in [-0.05, 0) is 42.8 Å². The van der Waals surface area contributed by atoms with E-state index >= 15 is 0 Å². The highest BCUT2D eigenvalue weighted by Gasteiger charge is 2.24. The maximum atomic E-state index is 13.1. The van der Waals surface area contributed by atoms with Crippen LogP contribution >= 0.6 is 0 Å². The number of benzene rings is 3. The molecule has 0 atom stereocenters. The summed E-state index contributed by atoms with van der Waals surface area (Å²) in [4.78, 5) is 21.6. The van der Waals surface area contributed by atoms with Crippen LogP contribution in [0.5, 0.6) is 5.75 Å². The van der Waals surface area contributed by atoms with Crippen LogP contribution in [-0.2, 0) is 22.1 Å². The largest absolute Gasteiger partial charge is 0.508 e. The number of nitrogens with zero attached hydrogens (tertiary/aromatic N) is 3. The summed E-state index contributed by atoms with van der Waals surface area (Å²) in [6, 6.07) is 21.2. The van der Waals surface area contributed by atoms with Gasteiger partial charge in [0.15, 0.2) is 9.84 Å². The summed E-state index contributed by atoms with van der Waals surface area (Å²) in [7, 11) is -3.61. The van der Waals surface area contributed by atoms with Crippen molar-refractivity contribution in [1.82, 2.24) is 14.8 Å². The molecule has 1 aliphatic rings. The molecule has 0 saturated carbocycles. The first-order chi connectivity index (χ1) is 17.8. The van der Waals surface area contributed by atoms with Gasteiger partial charge in [0.2, 0.25) is 0 Å². The lowest BCUT2D eigenvalue weighted by Gasteiger charge is -2.35. The van der Waals surface area contributed by atoms with Crippen molar-refractivity contribution in [3.8, 4) is 5.75 Å². The third-order valence-corrected chi connectivity index (χ3v) is 8.49. The first-order valence-electron chi connectivity index (χ1n) is 12.3. The van der Waals surface area contributed by atoms with Gasteiger partial charge in [0.1, 0.15) is 5.75 Å². The Bertz CT molecular complexity index is 1540. The lowest BCUT2D eigenvalue weighted by Crippen LogP contribution is -2.48. The Morgan fingerprint density at radius 3 is 2.43 bits per heavy atom. The summed E-state index contributed by atoms with van der Waals surface area (Å²) in [5.41, 5.74) is 3.62. The zero-order valence-electron chi connectivity index (χ0n) is 20.7. The minimum absolute atomic E-state index is 0.0642. The number of hydrogen-bond acceptors (Lipinski definition) is 6. The summed E-state index contributed by atoms with van der Waals surface area (Å²) in [5.74, 6) is 0.0652. The molecule has 1 amide bonds. The SMILES string of the molecule is Cc1ccc(O)c(CN2CCN(C(=O)c3ccc(CS(=O)(=O)c4cccc5cccnc45)cc3)CC2)c1. The Hall–Kier alpha value is -3.75. The molecule has 0 unspecified atom stereocenters. The lowest BCUT2D eigenvalue weighted by molar-refractivity contribution is 0.0627. The highest BCUT2D eigenvalue weighted by atomic mass is 32.2. The second kappa shape index (κ2) is 10.3. The number of rotatable bonds is 6. The van der Waals surface area contributed by atoms with Gasteiger partial charge in [-0.1, -0.05) is 48.0 Å². The quantitative estimate of drug-likeness (QED) is 0.414. The van der Waals surface area contributed by atoms with E-state index in [0.29, 0.717) is 55.1 Å². The Labute approximate surface area is 216 Å². The number of phenols is 1. The van der Waals surface area contributed by atoms with Gasteiger partial charge in [-0.3, -0.25) is 14.7 Å². The number of hydrogen-bond donors (Lipinski definition) is 1. The van der Waals surface area contributed by atoms with Crippen LogP contribution in [-0.4, -0.2) is 60.4 Å². The highest BCUT2D eigenvalue weighted by Crippen LogP contribution is 2.25. The molecule has 0 bridgehead atoms. The number of aromatic nitrogens is 1. The fourth-order valence-electron chi connectivity index (χ4n) is 4.74. The topological polar surface area (TPSA) is 90.8 Å². The van der Waals surface area contributed by atoms with E-state index in [2.05, 4.69) is 9.88 Å². The lowest BCUT2D eigenvalue weighted by atomic mass is 10.1. The Kier molecular flexibility index (Phi) is 6.95. The van der Waals surface area contributed by atoms with Crippen LogP contribution in [0.3, 0.4) is 0 Å². The number of piperazine rings is 1. The highest BCUT2D eigenvalue weighted by molar-refractivity contribution is 7.90. The number of para-hydroxylation sites is 1. The van der Waals surface area contributed by atoms with Gasteiger partial charge in [-0.25, -0.2) is 8.42 Å². The van der Waals surface area contributed by atoms with Crippen molar-refractivity contribution >= 4 is 26.6 Å². The van der Waals surface area contributed by atoms with Gasteiger partial charge >= 0.3 is 0 Å². The zero-order chi connectivity index (χ0) is 26.0. The van der Waals surface area contributed by atoms with Crippen molar-refractivity contribution in [3.05, 3.63) is 101 Å². The number of aryl methyl sites for hydroxylation is 1. The van der Waals surface area contributed by atoms with E-state index in [1.54, 1.807) is 54.7 Å². The molecule has 1 fully saturated rings. The second-order valence-corrected chi connectivity index (χ2v) is 11.4.